The van der Waals surface area contributed by atoms with Crippen molar-refractivity contribution in [2.24, 2.45) is 0 Å². The van der Waals surface area contributed by atoms with Gasteiger partial charge < -0.3 is 10.1 Å². The molecule has 2 N–H and O–H groups in total. The summed E-state index contributed by atoms with van der Waals surface area (Å²) < 4.78 is 0. The SMILES string of the molecule is CCCCCc1ncc(O)[nH]1. The van der Waals surface area contributed by atoms with Gasteiger partial charge in [-0.25, -0.2) is 4.98 Å². The average molecular weight is 154 g/mol. The molecule has 1 aromatic heterocycles. The maximum atomic E-state index is 8.89. The number of aryl methyl sites for hydroxylation is 1. The highest BCUT2D eigenvalue weighted by Crippen LogP contribution is 2.06. The Kier molecular flexibility index (Phi) is 2.95. The van der Waals surface area contributed by atoms with E-state index in [0.717, 1.165) is 18.7 Å². The summed E-state index contributed by atoms with van der Waals surface area (Å²) in [6, 6.07) is 0. The second kappa shape index (κ2) is 4.01. The van der Waals surface area contributed by atoms with Crippen LogP contribution in [-0.2, 0) is 6.42 Å². The van der Waals surface area contributed by atoms with E-state index < -0.39 is 0 Å². The maximum absolute atomic E-state index is 8.89. The number of rotatable bonds is 4. The van der Waals surface area contributed by atoms with E-state index in [-0.39, 0.29) is 5.88 Å². The summed E-state index contributed by atoms with van der Waals surface area (Å²) in [4.78, 5) is 6.76. The van der Waals surface area contributed by atoms with Crippen LogP contribution in [0.1, 0.15) is 32.0 Å². The fourth-order valence-corrected chi connectivity index (χ4v) is 1.02. The van der Waals surface area contributed by atoms with E-state index >= 15 is 0 Å². The number of aromatic amines is 1. The molecule has 1 heterocycles. The van der Waals surface area contributed by atoms with Crippen molar-refractivity contribution >= 4 is 0 Å². The van der Waals surface area contributed by atoms with E-state index in [1.807, 2.05) is 0 Å². The zero-order valence-corrected chi connectivity index (χ0v) is 6.80. The number of H-pyrrole nitrogens is 1. The van der Waals surface area contributed by atoms with Gasteiger partial charge in [-0.1, -0.05) is 19.8 Å². The van der Waals surface area contributed by atoms with Gasteiger partial charge in [-0.3, -0.25) is 0 Å². The third-order valence-corrected chi connectivity index (χ3v) is 1.63. The van der Waals surface area contributed by atoms with Crippen LogP contribution in [0.25, 0.3) is 0 Å². The van der Waals surface area contributed by atoms with Crippen LogP contribution >= 0.6 is 0 Å². The Morgan fingerprint density at radius 3 is 2.91 bits per heavy atom. The third kappa shape index (κ3) is 2.62. The molecule has 1 rings (SSSR count). The number of nitrogens with one attached hydrogen (secondary N) is 1. The molecule has 3 nitrogen and oxygen atoms in total. The molecular weight excluding hydrogens is 140 g/mol. The molecule has 0 spiro atoms. The van der Waals surface area contributed by atoms with Gasteiger partial charge >= 0.3 is 0 Å². The van der Waals surface area contributed by atoms with Crippen molar-refractivity contribution in [1.82, 2.24) is 9.97 Å². The van der Waals surface area contributed by atoms with Crippen molar-refractivity contribution in [3.63, 3.8) is 0 Å². The largest absolute Gasteiger partial charge is 0.493 e. The first-order valence-electron chi connectivity index (χ1n) is 4.05. The topological polar surface area (TPSA) is 48.9 Å². The quantitative estimate of drug-likeness (QED) is 0.650. The first kappa shape index (κ1) is 8.11. The normalized spacial score (nSPS) is 10.3. The maximum Gasteiger partial charge on any atom is 0.208 e. The minimum Gasteiger partial charge on any atom is -0.493 e. The fourth-order valence-electron chi connectivity index (χ4n) is 1.02. The lowest BCUT2D eigenvalue weighted by atomic mass is 10.2. The molecule has 0 aliphatic carbocycles. The third-order valence-electron chi connectivity index (χ3n) is 1.63. The number of aromatic hydroxyl groups is 1. The monoisotopic (exact) mass is 154 g/mol. The first-order valence-corrected chi connectivity index (χ1v) is 4.05. The molecular formula is C8H14N2O. The molecule has 0 saturated heterocycles. The minimum absolute atomic E-state index is 0.163. The fraction of sp³-hybridized carbons (Fsp3) is 0.625. The lowest BCUT2D eigenvalue weighted by molar-refractivity contribution is 0.455. The Balaban J connectivity index is 2.27. The lowest BCUT2D eigenvalue weighted by Crippen LogP contribution is -1.87. The lowest BCUT2D eigenvalue weighted by Gasteiger charge is -1.93. The van der Waals surface area contributed by atoms with Gasteiger partial charge in [-0.05, 0) is 6.42 Å². The summed E-state index contributed by atoms with van der Waals surface area (Å²) in [6.45, 7) is 2.17. The van der Waals surface area contributed by atoms with Crippen LogP contribution in [-0.4, -0.2) is 15.1 Å². The van der Waals surface area contributed by atoms with Crippen LogP contribution in [0.5, 0.6) is 5.88 Å². The molecule has 0 bridgehead atoms. The van der Waals surface area contributed by atoms with Crippen LogP contribution in [0.3, 0.4) is 0 Å². The smallest absolute Gasteiger partial charge is 0.208 e. The molecule has 0 aliphatic rings. The summed E-state index contributed by atoms with van der Waals surface area (Å²) >= 11 is 0. The Labute approximate surface area is 66.5 Å². The van der Waals surface area contributed by atoms with Crippen molar-refractivity contribution in [1.29, 1.82) is 0 Å². The van der Waals surface area contributed by atoms with Gasteiger partial charge in [0.15, 0.2) is 0 Å². The molecule has 0 atom stereocenters. The van der Waals surface area contributed by atoms with E-state index in [2.05, 4.69) is 16.9 Å². The van der Waals surface area contributed by atoms with E-state index in [9.17, 15) is 0 Å². The van der Waals surface area contributed by atoms with Crippen LogP contribution < -0.4 is 0 Å². The summed E-state index contributed by atoms with van der Waals surface area (Å²) in [5.74, 6) is 1.05. The highest BCUT2D eigenvalue weighted by atomic mass is 16.3. The van der Waals surface area contributed by atoms with Crippen molar-refractivity contribution in [3.05, 3.63) is 12.0 Å². The summed E-state index contributed by atoms with van der Waals surface area (Å²) in [5.41, 5.74) is 0. The van der Waals surface area contributed by atoms with Gasteiger partial charge in [0.2, 0.25) is 5.88 Å². The predicted molar refractivity (Wildman–Crippen MR) is 43.5 cm³/mol. The number of nitrogens with zero attached hydrogens (tertiary/aromatic N) is 1. The Morgan fingerprint density at radius 1 is 1.55 bits per heavy atom. The molecule has 1 aromatic rings. The Hall–Kier alpha value is -0.990. The van der Waals surface area contributed by atoms with Crippen LogP contribution in [0.4, 0.5) is 0 Å². The first-order chi connectivity index (χ1) is 5.33. The standard InChI is InChI=1S/C8H14N2O/c1-2-3-4-5-7-9-6-8(11)10-7/h6,11H,2-5H2,1H3,(H,9,10). The highest BCUT2D eigenvalue weighted by Gasteiger charge is 1.96. The molecule has 0 unspecified atom stereocenters. The second-order valence-electron chi connectivity index (χ2n) is 2.67. The predicted octanol–water partition coefficient (Wildman–Crippen LogP) is 1.85. The van der Waals surface area contributed by atoms with Gasteiger partial charge in [0.05, 0.1) is 6.20 Å². The Bertz CT molecular complexity index is 208. The summed E-state index contributed by atoms with van der Waals surface area (Å²) in [7, 11) is 0. The highest BCUT2D eigenvalue weighted by molar-refractivity contribution is 5.04. The van der Waals surface area contributed by atoms with E-state index in [4.69, 9.17) is 5.11 Å². The Morgan fingerprint density at radius 2 is 2.36 bits per heavy atom. The van der Waals surface area contributed by atoms with E-state index in [1.165, 1.54) is 19.0 Å². The van der Waals surface area contributed by atoms with Gasteiger partial charge in [0, 0.05) is 6.42 Å². The van der Waals surface area contributed by atoms with E-state index in [1.54, 1.807) is 0 Å². The molecule has 0 amide bonds. The van der Waals surface area contributed by atoms with Crippen molar-refractivity contribution < 1.29 is 5.11 Å². The van der Waals surface area contributed by atoms with Crippen molar-refractivity contribution in [3.8, 4) is 5.88 Å². The van der Waals surface area contributed by atoms with Crippen LogP contribution in [0, 0.1) is 0 Å². The molecule has 0 saturated carbocycles. The van der Waals surface area contributed by atoms with Crippen molar-refractivity contribution in [2.45, 2.75) is 32.6 Å². The molecule has 62 valence electrons. The zero-order valence-electron chi connectivity index (χ0n) is 6.80. The summed E-state index contributed by atoms with van der Waals surface area (Å²) in [6.07, 6.45) is 5.97. The van der Waals surface area contributed by atoms with Gasteiger partial charge in [0.25, 0.3) is 0 Å². The zero-order chi connectivity index (χ0) is 8.10. The van der Waals surface area contributed by atoms with Crippen molar-refractivity contribution in [2.75, 3.05) is 0 Å². The molecule has 0 aromatic carbocycles. The van der Waals surface area contributed by atoms with Gasteiger partial charge in [-0.2, -0.15) is 0 Å². The molecule has 0 aliphatic heterocycles. The number of hydrogen-bond donors (Lipinski definition) is 2. The molecule has 0 radical (unpaired) electrons. The van der Waals surface area contributed by atoms with Crippen LogP contribution in [0.15, 0.2) is 6.20 Å². The number of imidazole rings is 1. The number of hydrogen-bond acceptors (Lipinski definition) is 2. The molecule has 3 heteroatoms. The number of unbranched alkanes of at least 4 members (excludes halogenated alkanes) is 2. The second-order valence-corrected chi connectivity index (χ2v) is 2.67. The average Bonchev–Trinajstić information content (AvgIpc) is 2.37. The minimum atomic E-state index is 0.163. The van der Waals surface area contributed by atoms with E-state index in [0.29, 0.717) is 0 Å². The molecule has 0 fully saturated rings. The van der Waals surface area contributed by atoms with Gasteiger partial charge in [-0.15, -0.1) is 0 Å². The van der Waals surface area contributed by atoms with Crippen LogP contribution in [0.2, 0.25) is 0 Å². The summed E-state index contributed by atoms with van der Waals surface area (Å²) in [5, 5.41) is 8.89. The number of aromatic nitrogens is 2. The van der Waals surface area contributed by atoms with Gasteiger partial charge in [0.1, 0.15) is 5.82 Å². The molecule has 11 heavy (non-hydrogen) atoms.